The molecule has 0 bridgehead atoms. The van der Waals surface area contributed by atoms with E-state index >= 15 is 0 Å². The molecule has 0 saturated carbocycles. The van der Waals surface area contributed by atoms with Crippen LogP contribution in [0, 0.1) is 0 Å². The zero-order valence-electron chi connectivity index (χ0n) is 10.5. The average Bonchev–Trinajstić information content (AvgIpc) is 2.86. The van der Waals surface area contributed by atoms with Gasteiger partial charge in [0.1, 0.15) is 0 Å². The van der Waals surface area contributed by atoms with Crippen LogP contribution in [0.3, 0.4) is 0 Å². The second kappa shape index (κ2) is 4.71. The van der Waals surface area contributed by atoms with E-state index in [0.717, 1.165) is 18.0 Å². The van der Waals surface area contributed by atoms with Crippen LogP contribution >= 0.6 is 0 Å². The van der Waals surface area contributed by atoms with Gasteiger partial charge in [0.15, 0.2) is 5.76 Å². The Morgan fingerprint density at radius 3 is 2.88 bits per heavy atom. The zero-order chi connectivity index (χ0) is 12.3. The molecule has 2 rings (SSSR count). The Balaban J connectivity index is 2.02. The largest absolute Gasteiger partial charge is 0.359 e. The van der Waals surface area contributed by atoms with E-state index in [2.05, 4.69) is 40.8 Å². The minimum absolute atomic E-state index is 0.0985. The Labute approximate surface area is 101 Å². The van der Waals surface area contributed by atoms with Gasteiger partial charge in [-0.2, -0.15) is 0 Å². The maximum absolute atomic E-state index is 5.09. The summed E-state index contributed by atoms with van der Waals surface area (Å²) in [6.07, 6.45) is 5.33. The molecule has 0 fully saturated rings. The molecule has 17 heavy (non-hydrogen) atoms. The van der Waals surface area contributed by atoms with Crippen molar-refractivity contribution in [3.05, 3.63) is 36.2 Å². The van der Waals surface area contributed by atoms with Crippen LogP contribution in [0.2, 0.25) is 0 Å². The lowest BCUT2D eigenvalue weighted by molar-refractivity contribution is 0.371. The first-order valence-corrected chi connectivity index (χ1v) is 5.68. The minimum atomic E-state index is 0.0985. The normalized spacial score (nSPS) is 11.9. The van der Waals surface area contributed by atoms with E-state index in [1.165, 1.54) is 0 Å². The van der Waals surface area contributed by atoms with Crippen molar-refractivity contribution in [2.24, 2.45) is 0 Å². The van der Waals surface area contributed by atoms with Crippen molar-refractivity contribution in [1.29, 1.82) is 0 Å². The number of hydrogen-bond acceptors (Lipinski definition) is 4. The van der Waals surface area contributed by atoms with Crippen molar-refractivity contribution in [2.45, 2.75) is 39.4 Å². The standard InChI is InChI=1S/C12H18N4O/c1-12(2,3)14-7-10-6-13-9-16(10)8-11-4-5-15-17-11/h4-6,9,14H,7-8H2,1-3H3. The maximum atomic E-state index is 5.09. The van der Waals surface area contributed by atoms with Gasteiger partial charge in [0.2, 0.25) is 0 Å². The molecule has 1 N–H and O–H groups in total. The summed E-state index contributed by atoms with van der Waals surface area (Å²) in [7, 11) is 0. The summed E-state index contributed by atoms with van der Waals surface area (Å²) < 4.78 is 7.14. The van der Waals surface area contributed by atoms with Crippen molar-refractivity contribution >= 4 is 0 Å². The van der Waals surface area contributed by atoms with E-state index in [1.54, 1.807) is 6.20 Å². The lowest BCUT2D eigenvalue weighted by Gasteiger charge is -2.20. The average molecular weight is 234 g/mol. The summed E-state index contributed by atoms with van der Waals surface area (Å²) in [5.41, 5.74) is 1.23. The Morgan fingerprint density at radius 2 is 2.24 bits per heavy atom. The molecule has 5 heteroatoms. The van der Waals surface area contributed by atoms with Crippen LogP contribution < -0.4 is 5.32 Å². The summed E-state index contributed by atoms with van der Waals surface area (Å²) in [6, 6.07) is 1.86. The van der Waals surface area contributed by atoms with Crippen molar-refractivity contribution < 1.29 is 4.52 Å². The molecule has 2 heterocycles. The highest BCUT2D eigenvalue weighted by atomic mass is 16.5. The van der Waals surface area contributed by atoms with E-state index < -0.39 is 0 Å². The molecule has 0 aromatic carbocycles. The molecule has 0 atom stereocenters. The van der Waals surface area contributed by atoms with E-state index in [-0.39, 0.29) is 5.54 Å². The number of hydrogen-bond donors (Lipinski definition) is 1. The van der Waals surface area contributed by atoms with E-state index in [9.17, 15) is 0 Å². The van der Waals surface area contributed by atoms with Crippen molar-refractivity contribution in [3.8, 4) is 0 Å². The molecular weight excluding hydrogens is 216 g/mol. The first-order chi connectivity index (χ1) is 8.04. The van der Waals surface area contributed by atoms with Crippen molar-refractivity contribution in [3.63, 3.8) is 0 Å². The molecule has 0 aliphatic rings. The van der Waals surface area contributed by atoms with Crippen LogP contribution in [0.4, 0.5) is 0 Å². The van der Waals surface area contributed by atoms with E-state index in [0.29, 0.717) is 6.54 Å². The van der Waals surface area contributed by atoms with Gasteiger partial charge < -0.3 is 14.4 Å². The second-order valence-electron chi connectivity index (χ2n) is 5.10. The molecule has 0 aliphatic heterocycles. The molecule has 0 amide bonds. The van der Waals surface area contributed by atoms with Crippen LogP contribution in [0.25, 0.3) is 0 Å². The van der Waals surface area contributed by atoms with Gasteiger partial charge in [-0.1, -0.05) is 5.16 Å². The smallest absolute Gasteiger partial charge is 0.156 e. The summed E-state index contributed by atoms with van der Waals surface area (Å²) in [5.74, 6) is 0.833. The maximum Gasteiger partial charge on any atom is 0.156 e. The van der Waals surface area contributed by atoms with Gasteiger partial charge >= 0.3 is 0 Å². The lowest BCUT2D eigenvalue weighted by Crippen LogP contribution is -2.35. The molecule has 0 radical (unpaired) electrons. The monoisotopic (exact) mass is 234 g/mol. The molecule has 0 aliphatic carbocycles. The highest BCUT2D eigenvalue weighted by molar-refractivity contribution is 5.03. The van der Waals surface area contributed by atoms with Crippen LogP contribution in [-0.2, 0) is 13.1 Å². The van der Waals surface area contributed by atoms with E-state index in [1.807, 2.05) is 18.6 Å². The fourth-order valence-electron chi connectivity index (χ4n) is 1.49. The van der Waals surface area contributed by atoms with Gasteiger partial charge in [0.05, 0.1) is 24.8 Å². The first kappa shape index (κ1) is 11.9. The third-order valence-corrected chi connectivity index (χ3v) is 2.42. The molecule has 0 spiro atoms. The summed E-state index contributed by atoms with van der Waals surface area (Å²) in [4.78, 5) is 4.16. The van der Waals surface area contributed by atoms with Crippen LogP contribution in [-0.4, -0.2) is 20.2 Å². The summed E-state index contributed by atoms with van der Waals surface area (Å²) in [6.45, 7) is 7.89. The number of nitrogens with zero attached hydrogens (tertiary/aromatic N) is 3. The highest BCUT2D eigenvalue weighted by Crippen LogP contribution is 2.07. The van der Waals surface area contributed by atoms with Crippen LogP contribution in [0.15, 0.2) is 29.3 Å². The fraction of sp³-hybridized carbons (Fsp3) is 0.500. The second-order valence-corrected chi connectivity index (χ2v) is 5.10. The fourth-order valence-corrected chi connectivity index (χ4v) is 1.49. The molecule has 92 valence electrons. The van der Waals surface area contributed by atoms with Gasteiger partial charge in [0.25, 0.3) is 0 Å². The SMILES string of the molecule is CC(C)(C)NCc1cncn1Cc1ccno1. The molecule has 0 saturated heterocycles. The topological polar surface area (TPSA) is 55.9 Å². The predicted molar refractivity (Wildman–Crippen MR) is 64.4 cm³/mol. The van der Waals surface area contributed by atoms with E-state index in [4.69, 9.17) is 4.52 Å². The highest BCUT2D eigenvalue weighted by Gasteiger charge is 2.11. The molecule has 0 unspecified atom stereocenters. The molecular formula is C12H18N4O. The Hall–Kier alpha value is -1.62. The van der Waals surface area contributed by atoms with Crippen LogP contribution in [0.5, 0.6) is 0 Å². The van der Waals surface area contributed by atoms with Gasteiger partial charge in [-0.15, -0.1) is 0 Å². The zero-order valence-corrected chi connectivity index (χ0v) is 10.5. The van der Waals surface area contributed by atoms with Crippen LogP contribution in [0.1, 0.15) is 32.2 Å². The molecule has 5 nitrogen and oxygen atoms in total. The number of rotatable bonds is 4. The third-order valence-electron chi connectivity index (χ3n) is 2.42. The molecule has 2 aromatic rings. The Morgan fingerprint density at radius 1 is 1.41 bits per heavy atom. The summed E-state index contributed by atoms with van der Waals surface area (Å²) in [5, 5.41) is 7.13. The number of aromatic nitrogens is 3. The first-order valence-electron chi connectivity index (χ1n) is 5.68. The number of nitrogens with one attached hydrogen (secondary N) is 1. The van der Waals surface area contributed by atoms with Gasteiger partial charge in [0, 0.05) is 24.3 Å². The minimum Gasteiger partial charge on any atom is -0.359 e. The Bertz CT molecular complexity index is 453. The lowest BCUT2D eigenvalue weighted by atomic mass is 10.1. The van der Waals surface area contributed by atoms with Gasteiger partial charge in [-0.05, 0) is 20.8 Å². The third kappa shape index (κ3) is 3.42. The number of imidazole rings is 1. The Kier molecular flexibility index (Phi) is 3.28. The van der Waals surface area contributed by atoms with Crippen molar-refractivity contribution in [2.75, 3.05) is 0 Å². The molecule has 2 aromatic heterocycles. The van der Waals surface area contributed by atoms with Gasteiger partial charge in [-0.25, -0.2) is 4.98 Å². The quantitative estimate of drug-likeness (QED) is 0.876. The summed E-state index contributed by atoms with van der Waals surface area (Å²) >= 11 is 0. The predicted octanol–water partition coefficient (Wildman–Crippen LogP) is 1.81. The van der Waals surface area contributed by atoms with Crippen molar-refractivity contribution in [1.82, 2.24) is 20.0 Å². The van der Waals surface area contributed by atoms with Gasteiger partial charge in [-0.3, -0.25) is 0 Å².